The number of carboxylic acid groups (broad SMARTS) is 1. The summed E-state index contributed by atoms with van der Waals surface area (Å²) >= 11 is 0. The Hall–Kier alpha value is -1.96. The molecule has 0 aromatic carbocycles. The summed E-state index contributed by atoms with van der Waals surface area (Å²) in [6, 6.07) is 0. The Morgan fingerprint density at radius 3 is 1.79 bits per heavy atom. The second kappa shape index (κ2) is 21.3. The highest BCUT2D eigenvalue weighted by atomic mass is 16.8. The molecule has 24 heteroatoms. The molecule has 24 nitrogen and oxygen atoms in total. The van der Waals surface area contributed by atoms with Crippen LogP contribution in [-0.4, -0.2) is 239 Å². The molecule has 4 saturated heterocycles. The van der Waals surface area contributed by atoms with E-state index in [4.69, 9.17) is 37.9 Å². The number of carbonyl (C=O) groups is 2. The van der Waals surface area contributed by atoms with Crippen molar-refractivity contribution in [3.8, 4) is 0 Å². The molecule has 4 aliphatic heterocycles. The molecule has 0 unspecified atom stereocenters. The van der Waals surface area contributed by atoms with Gasteiger partial charge in [0.25, 0.3) is 0 Å². The Morgan fingerprint density at radius 1 is 0.597 bits per heavy atom. The highest BCUT2D eigenvalue weighted by Crippen LogP contribution is 2.75. The lowest BCUT2D eigenvalue weighted by atomic mass is 9.33. The molecule has 8 fully saturated rings. The van der Waals surface area contributed by atoms with Crippen LogP contribution in [0.1, 0.15) is 99.8 Å². The Bertz CT molecular complexity index is 2180. The van der Waals surface area contributed by atoms with Gasteiger partial charge in [-0.15, -0.1) is 0 Å². The summed E-state index contributed by atoms with van der Waals surface area (Å²) < 4.78 is 48.3. The molecule has 29 atom stereocenters. The number of carbonyl (C=O) groups excluding carboxylic acids is 1. The predicted octanol–water partition coefficient (Wildman–Crippen LogP) is -2.68. The zero-order valence-corrected chi connectivity index (χ0v) is 44.8. The van der Waals surface area contributed by atoms with Gasteiger partial charge >= 0.3 is 5.97 Å². The van der Waals surface area contributed by atoms with E-state index in [0.29, 0.717) is 32.1 Å². The predicted molar refractivity (Wildman–Crippen MR) is 259 cm³/mol. The number of ether oxygens (including phenoxy) is 8. The molecule has 0 spiro atoms. The summed E-state index contributed by atoms with van der Waals surface area (Å²) in [7, 11) is 0. The largest absolute Gasteiger partial charge is 0.479 e. The smallest absolute Gasteiger partial charge is 0.335 e. The summed E-state index contributed by atoms with van der Waals surface area (Å²) in [5, 5.41) is 150. The van der Waals surface area contributed by atoms with E-state index < -0.39 is 194 Å². The fraction of sp³-hybridized carbons (Fsp3) is 0.925. The lowest BCUT2D eigenvalue weighted by molar-refractivity contribution is -0.397. The minimum absolute atomic E-state index is 0.0352. The van der Waals surface area contributed by atoms with Crippen molar-refractivity contribution < 1.29 is 119 Å². The van der Waals surface area contributed by atoms with E-state index in [1.165, 1.54) is 0 Å². The third-order valence-electron chi connectivity index (χ3n) is 21.0. The highest BCUT2D eigenvalue weighted by Gasteiger charge is 2.72. The molecule has 14 N–H and O–H groups in total. The van der Waals surface area contributed by atoms with Gasteiger partial charge in [-0.2, -0.15) is 0 Å². The fourth-order valence-electron chi connectivity index (χ4n) is 16.2. The molecule has 0 amide bonds. The fourth-order valence-corrected chi connectivity index (χ4v) is 16.2. The molecule has 9 rings (SSSR count). The van der Waals surface area contributed by atoms with Crippen molar-refractivity contribution in [2.45, 2.75) is 229 Å². The first-order chi connectivity index (χ1) is 36.0. The number of rotatable bonds is 12. The van der Waals surface area contributed by atoms with Crippen molar-refractivity contribution in [2.24, 2.45) is 50.2 Å². The van der Waals surface area contributed by atoms with Gasteiger partial charge in [0.2, 0.25) is 0 Å². The topological polar surface area (TPSA) is 391 Å². The zero-order valence-electron chi connectivity index (χ0n) is 44.8. The molecule has 4 heterocycles. The summed E-state index contributed by atoms with van der Waals surface area (Å²) in [6.07, 6.45) is -29.1. The van der Waals surface area contributed by atoms with Crippen molar-refractivity contribution in [1.29, 1.82) is 0 Å². The molecule has 4 saturated carbocycles. The molecule has 440 valence electrons. The van der Waals surface area contributed by atoms with Crippen molar-refractivity contribution in [2.75, 3.05) is 26.4 Å². The third kappa shape index (κ3) is 9.60. The summed E-state index contributed by atoms with van der Waals surface area (Å²) in [6.45, 7) is 12.4. The Balaban J connectivity index is 0.994. The van der Waals surface area contributed by atoms with Crippen molar-refractivity contribution in [1.82, 2.24) is 0 Å². The van der Waals surface area contributed by atoms with E-state index in [-0.39, 0.29) is 30.1 Å². The highest BCUT2D eigenvalue weighted by molar-refractivity contribution is 5.95. The number of hydrogen-bond donors (Lipinski definition) is 14. The Morgan fingerprint density at radius 2 is 1.17 bits per heavy atom. The average molecular weight is 1110 g/mol. The van der Waals surface area contributed by atoms with Crippen LogP contribution in [0.25, 0.3) is 0 Å². The first-order valence-electron chi connectivity index (χ1n) is 27.3. The summed E-state index contributed by atoms with van der Waals surface area (Å²) in [5.74, 6) is -2.74. The number of allylic oxidation sites excluding steroid dienone is 2. The van der Waals surface area contributed by atoms with Crippen LogP contribution in [0.4, 0.5) is 0 Å². The number of aliphatic hydroxyl groups excluding tert-OH is 13. The van der Waals surface area contributed by atoms with Gasteiger partial charge in [-0.3, -0.25) is 4.79 Å². The maximum absolute atomic E-state index is 15.4. The third-order valence-corrected chi connectivity index (χ3v) is 21.0. The summed E-state index contributed by atoms with van der Waals surface area (Å²) in [4.78, 5) is 27.9. The molecule has 5 aliphatic carbocycles. The quantitative estimate of drug-likeness (QED) is 0.0886. The number of aliphatic hydroxyl groups is 13. The zero-order chi connectivity index (χ0) is 56.4. The molecule has 0 aromatic heterocycles. The molecule has 0 bridgehead atoms. The van der Waals surface area contributed by atoms with E-state index >= 15 is 4.79 Å². The van der Waals surface area contributed by atoms with Gasteiger partial charge in [-0.05, 0) is 90.9 Å². The number of fused-ring (bicyclic) bond motifs is 7. The lowest BCUT2D eigenvalue weighted by Gasteiger charge is -2.71. The van der Waals surface area contributed by atoms with Crippen LogP contribution in [-0.2, 0) is 47.5 Å². The molecule has 0 aromatic rings. The Labute approximate surface area is 446 Å². The van der Waals surface area contributed by atoms with Crippen LogP contribution in [0.15, 0.2) is 11.6 Å². The maximum Gasteiger partial charge on any atom is 0.335 e. The van der Waals surface area contributed by atoms with Crippen LogP contribution < -0.4 is 0 Å². The SMILES string of the molecule is CC1(C)C[C@@H](O[C@@H]2OC[C@@H](O)[C@H](O)[C@H]2O)[C@]2(C)CC[C@]3(C)C(=CC(=O)[C@@H]4[C@@]5(C)CC[C@H](O[C@@H]6O[C@H](C(=O)O)[C@@H](O)[C@H](O)[C@H]6O[C@@H]6O[C@H](CO)[C@H](O)[C@H](O)[C@H]6O[C@@H]6O[C@H](CO)[C@@H](O)[C@H](O)[C@H]6O)[C@](C)(CO)[C@@H]5CC[C@]43C)[C@@H]2C1. The van der Waals surface area contributed by atoms with Crippen LogP contribution in [0.5, 0.6) is 0 Å². The number of aliphatic carboxylic acids is 1. The first kappa shape index (κ1) is 59.7. The van der Waals surface area contributed by atoms with Crippen LogP contribution >= 0.6 is 0 Å². The standard InChI is InChI=1S/C53H84O24/c1-48(2)15-22-21-14-23(57)42-50(4)10-9-28(51(5,20-56)27(50)8-11-53(42,7)52(21,6)13-12-49(22,3)29(16-48)74-44-37(66)30(59)24(58)19-70-44)73-47-41(36(65)35(64)39(75-47)43(68)69)77-46-40(34(63)32(61)26(18-55)72-46)76-45-38(67)33(62)31(60)25(17-54)71-45/h14,22,24-42,44-47,54-56,58-67H,8-13,15-20H2,1-7H3,(H,68,69)/t22-,24+,25+,26+,27+,28-,29+,30-,31+,32-,33-,34-,35-,36-,37+,38+,39-,40+,41+,42+,44-,45-,46-,47+,49+,50-,51+,52+,53+/m0/s1. The second-order valence-electron chi connectivity index (χ2n) is 26.0. The van der Waals surface area contributed by atoms with Crippen LogP contribution in [0, 0.1) is 50.2 Å². The maximum atomic E-state index is 15.4. The average Bonchev–Trinajstić information content (AvgIpc) is 3.55. The van der Waals surface area contributed by atoms with Gasteiger partial charge in [-0.1, -0.05) is 54.0 Å². The molecular weight excluding hydrogens is 1020 g/mol. The molecule has 77 heavy (non-hydrogen) atoms. The van der Waals surface area contributed by atoms with Gasteiger partial charge in [0.1, 0.15) is 85.5 Å². The van der Waals surface area contributed by atoms with Gasteiger partial charge in [0.05, 0.1) is 38.6 Å². The molecule has 9 aliphatic rings. The van der Waals surface area contributed by atoms with Crippen molar-refractivity contribution in [3.05, 3.63) is 11.6 Å². The van der Waals surface area contributed by atoms with Gasteiger partial charge in [0.15, 0.2) is 37.0 Å². The monoisotopic (exact) mass is 1100 g/mol. The Kier molecular flexibility index (Phi) is 16.5. The number of carboxylic acids is 1. The van der Waals surface area contributed by atoms with Crippen molar-refractivity contribution in [3.63, 3.8) is 0 Å². The van der Waals surface area contributed by atoms with Gasteiger partial charge in [0, 0.05) is 16.7 Å². The van der Waals surface area contributed by atoms with E-state index in [2.05, 4.69) is 41.5 Å². The van der Waals surface area contributed by atoms with Crippen molar-refractivity contribution >= 4 is 11.8 Å². The molecule has 0 radical (unpaired) electrons. The van der Waals surface area contributed by atoms with Crippen LogP contribution in [0.3, 0.4) is 0 Å². The first-order valence-corrected chi connectivity index (χ1v) is 27.3. The van der Waals surface area contributed by atoms with E-state index in [9.17, 15) is 76.3 Å². The van der Waals surface area contributed by atoms with E-state index in [0.717, 1.165) is 18.4 Å². The minimum Gasteiger partial charge on any atom is -0.479 e. The number of ketones is 1. The molecular formula is C53H84O24. The summed E-state index contributed by atoms with van der Waals surface area (Å²) in [5.41, 5.74) is -2.66. The lowest BCUT2D eigenvalue weighted by Crippen LogP contribution is -2.69. The number of hydrogen-bond acceptors (Lipinski definition) is 23. The van der Waals surface area contributed by atoms with Gasteiger partial charge < -0.3 is 109 Å². The van der Waals surface area contributed by atoms with E-state index in [1.54, 1.807) is 0 Å². The van der Waals surface area contributed by atoms with Gasteiger partial charge in [-0.25, -0.2) is 4.79 Å². The minimum atomic E-state index is -2.17. The van der Waals surface area contributed by atoms with Crippen LogP contribution in [0.2, 0.25) is 0 Å². The van der Waals surface area contributed by atoms with E-state index in [1.807, 2.05) is 13.0 Å². The second-order valence-corrected chi connectivity index (χ2v) is 26.0. The normalized spacial score (nSPS) is 54.8.